The molecule has 6 heteroatoms. The monoisotopic (exact) mass is 294 g/mol. The molecule has 2 rings (SSSR count). The second-order valence-corrected chi connectivity index (χ2v) is 6.25. The number of amides is 1. The summed E-state index contributed by atoms with van der Waals surface area (Å²) in [5.41, 5.74) is 1.94. The summed E-state index contributed by atoms with van der Waals surface area (Å²) in [5, 5.41) is 10.6. The average Bonchev–Trinajstić information content (AvgIpc) is 2.69. The number of carbonyl (C=O) groups is 1. The smallest absolute Gasteiger partial charge is 0.257 e. The fraction of sp³-hybridized carbons (Fsp3) is 0.733. The number of carbonyl (C=O) groups excluding carboxylic acids is 1. The van der Waals surface area contributed by atoms with Gasteiger partial charge in [0.2, 0.25) is 0 Å². The molecule has 2 N–H and O–H groups in total. The van der Waals surface area contributed by atoms with E-state index in [1.807, 2.05) is 20.9 Å². The van der Waals surface area contributed by atoms with Crippen LogP contribution in [0.4, 0.5) is 0 Å². The van der Waals surface area contributed by atoms with Crippen LogP contribution in [0.25, 0.3) is 0 Å². The van der Waals surface area contributed by atoms with Crippen LogP contribution >= 0.6 is 0 Å². The summed E-state index contributed by atoms with van der Waals surface area (Å²) < 4.78 is 7.38. The van der Waals surface area contributed by atoms with Crippen LogP contribution < -0.4 is 15.4 Å². The number of nitrogens with one attached hydrogen (secondary N) is 2. The average molecular weight is 294 g/mol. The minimum Gasteiger partial charge on any atom is -0.480 e. The molecule has 118 valence electrons. The molecule has 0 radical (unpaired) electrons. The van der Waals surface area contributed by atoms with Gasteiger partial charge in [-0.2, -0.15) is 5.10 Å². The summed E-state index contributed by atoms with van der Waals surface area (Å²) in [6, 6.07) is 0. The lowest BCUT2D eigenvalue weighted by Gasteiger charge is -2.34. The molecule has 0 saturated carbocycles. The maximum absolute atomic E-state index is 12.0. The molecular formula is C15H26N4O2. The highest BCUT2D eigenvalue weighted by Gasteiger charge is 2.27. The largest absolute Gasteiger partial charge is 0.480 e. The van der Waals surface area contributed by atoms with Crippen LogP contribution in [-0.4, -0.2) is 41.9 Å². The van der Waals surface area contributed by atoms with Crippen molar-refractivity contribution >= 4 is 5.91 Å². The molecule has 1 aromatic rings. The minimum absolute atomic E-state index is 0.0434. The van der Waals surface area contributed by atoms with Gasteiger partial charge in [0.15, 0.2) is 12.4 Å². The van der Waals surface area contributed by atoms with E-state index >= 15 is 0 Å². The van der Waals surface area contributed by atoms with Gasteiger partial charge in [-0.05, 0) is 45.2 Å². The summed E-state index contributed by atoms with van der Waals surface area (Å²) in [7, 11) is 1.87. The summed E-state index contributed by atoms with van der Waals surface area (Å²) in [4.78, 5) is 12.0. The van der Waals surface area contributed by atoms with Crippen molar-refractivity contribution in [2.24, 2.45) is 12.5 Å². The number of rotatable bonds is 5. The van der Waals surface area contributed by atoms with Crippen LogP contribution in [0.2, 0.25) is 0 Å². The number of nitrogens with zero attached hydrogens (tertiary/aromatic N) is 2. The van der Waals surface area contributed by atoms with Crippen molar-refractivity contribution in [2.75, 3.05) is 26.2 Å². The van der Waals surface area contributed by atoms with E-state index < -0.39 is 0 Å². The summed E-state index contributed by atoms with van der Waals surface area (Å²) in [6.07, 6.45) is 2.18. The molecular weight excluding hydrogens is 268 g/mol. The van der Waals surface area contributed by atoms with Gasteiger partial charge in [0, 0.05) is 13.6 Å². The molecule has 1 fully saturated rings. The third-order valence-electron chi connectivity index (χ3n) is 4.31. The Hall–Kier alpha value is -1.56. The number of aryl methyl sites for hydroxylation is 2. The predicted octanol–water partition coefficient (Wildman–Crippen LogP) is 0.922. The van der Waals surface area contributed by atoms with Crippen molar-refractivity contribution in [1.29, 1.82) is 0 Å². The molecule has 0 aliphatic carbocycles. The summed E-state index contributed by atoms with van der Waals surface area (Å²) in [6.45, 7) is 8.85. The zero-order chi connectivity index (χ0) is 15.5. The highest BCUT2D eigenvalue weighted by atomic mass is 16.5. The quantitative estimate of drug-likeness (QED) is 0.847. The van der Waals surface area contributed by atoms with E-state index in [1.54, 1.807) is 4.68 Å². The Morgan fingerprint density at radius 3 is 2.67 bits per heavy atom. The standard InChI is InChI=1S/C15H26N4O2/c1-11-14(12(2)19(4)18-11)21-9-13(20)17-10-15(3)5-7-16-8-6-15/h16H,5-10H2,1-4H3,(H,17,20). The SMILES string of the molecule is Cc1nn(C)c(C)c1OCC(=O)NCC1(C)CCNCC1. The first-order chi connectivity index (χ1) is 9.91. The van der Waals surface area contributed by atoms with Gasteiger partial charge in [-0.3, -0.25) is 9.48 Å². The van der Waals surface area contributed by atoms with Crippen LogP contribution in [0, 0.1) is 19.3 Å². The highest BCUT2D eigenvalue weighted by molar-refractivity contribution is 5.77. The fourth-order valence-corrected chi connectivity index (χ4v) is 2.67. The van der Waals surface area contributed by atoms with Gasteiger partial charge >= 0.3 is 0 Å². The zero-order valence-corrected chi connectivity index (χ0v) is 13.5. The molecule has 6 nitrogen and oxygen atoms in total. The number of hydrogen-bond donors (Lipinski definition) is 2. The van der Waals surface area contributed by atoms with Gasteiger partial charge < -0.3 is 15.4 Å². The van der Waals surface area contributed by atoms with Crippen molar-refractivity contribution in [1.82, 2.24) is 20.4 Å². The van der Waals surface area contributed by atoms with Crippen LogP contribution in [0.15, 0.2) is 0 Å². The van der Waals surface area contributed by atoms with E-state index in [0.29, 0.717) is 12.3 Å². The third-order valence-corrected chi connectivity index (χ3v) is 4.31. The van der Waals surface area contributed by atoms with Gasteiger partial charge in [-0.25, -0.2) is 0 Å². The van der Waals surface area contributed by atoms with E-state index in [4.69, 9.17) is 4.74 Å². The van der Waals surface area contributed by atoms with Crippen molar-refractivity contribution in [3.63, 3.8) is 0 Å². The van der Waals surface area contributed by atoms with E-state index in [9.17, 15) is 4.79 Å². The molecule has 0 aromatic carbocycles. The van der Waals surface area contributed by atoms with Crippen LogP contribution in [0.5, 0.6) is 5.75 Å². The van der Waals surface area contributed by atoms with Gasteiger partial charge in [0.05, 0.1) is 5.69 Å². The molecule has 2 heterocycles. The fourth-order valence-electron chi connectivity index (χ4n) is 2.67. The van der Waals surface area contributed by atoms with Crippen molar-refractivity contribution in [3.05, 3.63) is 11.4 Å². The van der Waals surface area contributed by atoms with Crippen LogP contribution in [-0.2, 0) is 11.8 Å². The Labute approximate surface area is 126 Å². The van der Waals surface area contributed by atoms with Crippen LogP contribution in [0.3, 0.4) is 0 Å². The lowest BCUT2D eigenvalue weighted by molar-refractivity contribution is -0.123. The van der Waals surface area contributed by atoms with Gasteiger partial charge in [0.1, 0.15) is 5.69 Å². The Morgan fingerprint density at radius 2 is 2.10 bits per heavy atom. The first-order valence-corrected chi connectivity index (χ1v) is 7.52. The van der Waals surface area contributed by atoms with Gasteiger partial charge in [-0.1, -0.05) is 6.92 Å². The molecule has 1 aliphatic heterocycles. The first kappa shape index (κ1) is 15.8. The molecule has 1 aromatic heterocycles. The number of aromatic nitrogens is 2. The van der Waals surface area contributed by atoms with Crippen molar-refractivity contribution < 1.29 is 9.53 Å². The molecule has 21 heavy (non-hydrogen) atoms. The minimum atomic E-state index is -0.0718. The number of hydrogen-bond acceptors (Lipinski definition) is 4. The van der Waals surface area contributed by atoms with E-state index in [-0.39, 0.29) is 17.9 Å². The molecule has 1 amide bonds. The number of ether oxygens (including phenoxy) is 1. The molecule has 1 aliphatic rings. The number of piperidine rings is 1. The summed E-state index contributed by atoms with van der Waals surface area (Å²) >= 11 is 0. The molecule has 0 unspecified atom stereocenters. The Kier molecular flexibility index (Phi) is 4.88. The third kappa shape index (κ3) is 3.97. The Morgan fingerprint density at radius 1 is 1.43 bits per heavy atom. The first-order valence-electron chi connectivity index (χ1n) is 7.52. The van der Waals surface area contributed by atoms with Crippen molar-refractivity contribution in [2.45, 2.75) is 33.6 Å². The second kappa shape index (κ2) is 6.47. The van der Waals surface area contributed by atoms with Crippen molar-refractivity contribution in [3.8, 4) is 5.75 Å². The maximum Gasteiger partial charge on any atom is 0.257 e. The van der Waals surface area contributed by atoms with E-state index in [1.165, 1.54) is 0 Å². The normalized spacial score (nSPS) is 17.5. The Bertz CT molecular complexity index is 504. The predicted molar refractivity (Wildman–Crippen MR) is 81.4 cm³/mol. The van der Waals surface area contributed by atoms with Gasteiger partial charge in [0.25, 0.3) is 5.91 Å². The zero-order valence-electron chi connectivity index (χ0n) is 13.5. The van der Waals surface area contributed by atoms with E-state index in [0.717, 1.165) is 37.3 Å². The lowest BCUT2D eigenvalue weighted by atomic mass is 9.81. The van der Waals surface area contributed by atoms with Gasteiger partial charge in [-0.15, -0.1) is 0 Å². The molecule has 1 saturated heterocycles. The maximum atomic E-state index is 12.0. The lowest BCUT2D eigenvalue weighted by Crippen LogP contribution is -2.43. The molecule has 0 spiro atoms. The van der Waals surface area contributed by atoms with E-state index in [2.05, 4.69) is 22.7 Å². The Balaban J connectivity index is 1.79. The molecule has 0 atom stereocenters. The van der Waals surface area contributed by atoms with Crippen LogP contribution in [0.1, 0.15) is 31.2 Å². The topological polar surface area (TPSA) is 68.2 Å². The highest BCUT2D eigenvalue weighted by Crippen LogP contribution is 2.26. The second-order valence-electron chi connectivity index (χ2n) is 6.25. The summed E-state index contributed by atoms with van der Waals surface area (Å²) in [5.74, 6) is 0.637. The molecule has 0 bridgehead atoms.